The lowest BCUT2D eigenvalue weighted by Crippen LogP contribution is -2.43. The van der Waals surface area contributed by atoms with Crippen LogP contribution in [0, 0.1) is 0 Å². The van der Waals surface area contributed by atoms with Crippen molar-refractivity contribution in [1.82, 2.24) is 5.32 Å². The summed E-state index contributed by atoms with van der Waals surface area (Å²) in [6.45, 7) is -0.305. The summed E-state index contributed by atoms with van der Waals surface area (Å²) in [6.07, 6.45) is -0.534. The number of anilines is 1. The van der Waals surface area contributed by atoms with Gasteiger partial charge in [0.2, 0.25) is 11.8 Å². The average molecular weight is 434 g/mol. The van der Waals surface area contributed by atoms with E-state index in [1.54, 1.807) is 24.3 Å². The van der Waals surface area contributed by atoms with Gasteiger partial charge in [-0.2, -0.15) is 0 Å². The van der Waals surface area contributed by atoms with Crippen molar-refractivity contribution in [3.05, 3.63) is 36.4 Å². The molecule has 0 spiro atoms. The van der Waals surface area contributed by atoms with Gasteiger partial charge in [0.15, 0.2) is 26.6 Å². The highest BCUT2D eigenvalue weighted by molar-refractivity contribution is 7.93. The molecule has 9 nitrogen and oxygen atoms in total. The second-order valence-electron chi connectivity index (χ2n) is 6.58. The highest BCUT2D eigenvalue weighted by Crippen LogP contribution is 2.37. The Morgan fingerprint density at radius 2 is 1.77 bits per heavy atom. The first kappa shape index (κ1) is 21.6. The van der Waals surface area contributed by atoms with Crippen LogP contribution in [-0.4, -0.2) is 58.0 Å². The lowest BCUT2D eigenvalue weighted by Gasteiger charge is -2.25. The van der Waals surface area contributed by atoms with Crippen molar-refractivity contribution in [2.24, 2.45) is 0 Å². The smallest absolute Gasteiger partial charge is 0.243 e. The van der Waals surface area contributed by atoms with E-state index < -0.39 is 33.3 Å². The number of carbonyl (C=O) groups is 2. The Morgan fingerprint density at radius 1 is 1.10 bits per heavy atom. The zero-order valence-corrected chi connectivity index (χ0v) is 17.3. The molecule has 1 aliphatic heterocycles. The van der Waals surface area contributed by atoms with Gasteiger partial charge in [0, 0.05) is 6.54 Å². The monoisotopic (exact) mass is 434 g/mol. The average Bonchev–Trinajstić information content (AvgIpc) is 2.74. The number of amides is 2. The van der Waals surface area contributed by atoms with Crippen LogP contribution < -0.4 is 20.1 Å². The van der Waals surface area contributed by atoms with Crippen LogP contribution in [0.4, 0.5) is 5.69 Å². The number of aliphatic hydroxyl groups is 1. The molecule has 1 atom stereocenters. The predicted octanol–water partition coefficient (Wildman–Crippen LogP) is 0.964. The van der Waals surface area contributed by atoms with Crippen LogP contribution >= 0.6 is 0 Å². The maximum atomic E-state index is 13.1. The zero-order valence-electron chi connectivity index (χ0n) is 16.5. The molecule has 0 saturated carbocycles. The standard InChI is InChI=1S/C20H22N2O7S/c1-28-15-6-4-12(9-16(15)29-2)13-3-5-14-17(10-13)30(26,27)18(20(25)22-14)11-19(24)21-7-8-23/h3-6,9-10,18,23H,7-8,11H2,1-2H3,(H,21,24)(H,22,25). The fraction of sp³-hybridized carbons (Fsp3) is 0.300. The summed E-state index contributed by atoms with van der Waals surface area (Å²) in [7, 11) is -1.09. The lowest BCUT2D eigenvalue weighted by molar-refractivity contribution is -0.124. The van der Waals surface area contributed by atoms with Gasteiger partial charge >= 0.3 is 0 Å². The van der Waals surface area contributed by atoms with Gasteiger partial charge in [-0.05, 0) is 35.4 Å². The highest BCUT2D eigenvalue weighted by Gasteiger charge is 2.41. The van der Waals surface area contributed by atoms with E-state index in [4.69, 9.17) is 14.6 Å². The summed E-state index contributed by atoms with van der Waals surface area (Å²) in [6, 6.07) is 9.84. The first-order valence-electron chi connectivity index (χ1n) is 9.10. The molecule has 2 amide bonds. The Balaban J connectivity index is 1.98. The number of methoxy groups -OCH3 is 2. The number of carbonyl (C=O) groups excluding carboxylic acids is 2. The summed E-state index contributed by atoms with van der Waals surface area (Å²) in [5.74, 6) is -0.372. The van der Waals surface area contributed by atoms with Gasteiger partial charge < -0.3 is 25.2 Å². The minimum Gasteiger partial charge on any atom is -0.493 e. The molecular formula is C20H22N2O7S. The van der Waals surface area contributed by atoms with E-state index in [2.05, 4.69) is 10.6 Å². The quantitative estimate of drug-likeness (QED) is 0.592. The minimum absolute atomic E-state index is 0.0206. The van der Waals surface area contributed by atoms with Gasteiger partial charge in [-0.1, -0.05) is 12.1 Å². The largest absolute Gasteiger partial charge is 0.493 e. The van der Waals surface area contributed by atoms with Gasteiger partial charge in [-0.15, -0.1) is 0 Å². The number of benzene rings is 2. The van der Waals surface area contributed by atoms with Crippen LogP contribution in [0.2, 0.25) is 0 Å². The van der Waals surface area contributed by atoms with Gasteiger partial charge in [-0.3, -0.25) is 9.59 Å². The van der Waals surface area contributed by atoms with E-state index in [-0.39, 0.29) is 23.7 Å². The molecule has 1 aliphatic rings. The maximum absolute atomic E-state index is 13.1. The SMILES string of the molecule is COc1ccc(-c2ccc3c(c2)S(=O)(=O)C(CC(=O)NCCO)C(=O)N3)cc1OC. The molecular weight excluding hydrogens is 412 g/mol. The number of aliphatic hydroxyl groups excluding tert-OH is 1. The van der Waals surface area contributed by atoms with Crippen molar-refractivity contribution < 1.29 is 32.6 Å². The molecule has 10 heteroatoms. The predicted molar refractivity (Wildman–Crippen MR) is 109 cm³/mol. The Labute approximate surface area is 173 Å². The first-order valence-corrected chi connectivity index (χ1v) is 10.6. The molecule has 1 heterocycles. The molecule has 160 valence electrons. The molecule has 3 N–H and O–H groups in total. The van der Waals surface area contributed by atoms with E-state index in [1.807, 2.05) is 0 Å². The van der Waals surface area contributed by atoms with Crippen molar-refractivity contribution >= 4 is 27.3 Å². The van der Waals surface area contributed by atoms with Gasteiger partial charge in [0.1, 0.15) is 0 Å². The van der Waals surface area contributed by atoms with Gasteiger partial charge in [0.05, 0.1) is 37.8 Å². The molecule has 0 fully saturated rings. The fourth-order valence-electron chi connectivity index (χ4n) is 3.20. The zero-order chi connectivity index (χ0) is 21.9. The normalized spacial score (nSPS) is 16.9. The molecule has 0 aromatic heterocycles. The van der Waals surface area contributed by atoms with Crippen molar-refractivity contribution in [2.75, 3.05) is 32.7 Å². The summed E-state index contributed by atoms with van der Waals surface area (Å²) in [4.78, 5) is 24.2. The van der Waals surface area contributed by atoms with E-state index >= 15 is 0 Å². The number of hydrogen-bond donors (Lipinski definition) is 3. The van der Waals surface area contributed by atoms with E-state index in [0.29, 0.717) is 22.6 Å². The summed E-state index contributed by atoms with van der Waals surface area (Å²) >= 11 is 0. The number of nitrogens with one attached hydrogen (secondary N) is 2. The highest BCUT2D eigenvalue weighted by atomic mass is 32.2. The Kier molecular flexibility index (Phi) is 6.28. The molecule has 2 aromatic carbocycles. The molecule has 30 heavy (non-hydrogen) atoms. The van der Waals surface area contributed by atoms with Crippen molar-refractivity contribution in [2.45, 2.75) is 16.6 Å². The Hall–Kier alpha value is -3.11. The third kappa shape index (κ3) is 4.10. The van der Waals surface area contributed by atoms with E-state index in [1.165, 1.54) is 26.4 Å². The van der Waals surface area contributed by atoms with E-state index in [9.17, 15) is 18.0 Å². The summed E-state index contributed by atoms with van der Waals surface area (Å²) < 4.78 is 36.7. The van der Waals surface area contributed by atoms with Gasteiger partial charge in [0.25, 0.3) is 0 Å². The van der Waals surface area contributed by atoms with Crippen molar-refractivity contribution in [3.8, 4) is 22.6 Å². The van der Waals surface area contributed by atoms with Crippen LogP contribution in [-0.2, 0) is 19.4 Å². The Bertz CT molecular complexity index is 1080. The number of hydrogen-bond acceptors (Lipinski definition) is 7. The van der Waals surface area contributed by atoms with Crippen LogP contribution in [0.25, 0.3) is 11.1 Å². The molecule has 0 radical (unpaired) electrons. The third-order valence-electron chi connectivity index (χ3n) is 4.73. The fourth-order valence-corrected chi connectivity index (χ4v) is 4.94. The molecule has 0 bridgehead atoms. The van der Waals surface area contributed by atoms with Crippen LogP contribution in [0.15, 0.2) is 41.3 Å². The molecule has 0 saturated heterocycles. The second-order valence-corrected chi connectivity index (χ2v) is 8.68. The number of ether oxygens (including phenoxy) is 2. The van der Waals surface area contributed by atoms with Crippen LogP contribution in [0.5, 0.6) is 11.5 Å². The number of rotatable bonds is 7. The Morgan fingerprint density at radius 3 is 2.43 bits per heavy atom. The van der Waals surface area contributed by atoms with Crippen LogP contribution in [0.3, 0.4) is 0 Å². The summed E-state index contributed by atoms with van der Waals surface area (Å²) in [5.41, 5.74) is 1.45. The molecule has 2 aromatic rings. The van der Waals surface area contributed by atoms with Crippen molar-refractivity contribution in [1.29, 1.82) is 0 Å². The number of sulfone groups is 1. The van der Waals surface area contributed by atoms with Crippen molar-refractivity contribution in [3.63, 3.8) is 0 Å². The summed E-state index contributed by atoms with van der Waals surface area (Å²) in [5, 5.41) is 12.2. The second kappa shape index (κ2) is 8.72. The molecule has 0 aliphatic carbocycles. The van der Waals surface area contributed by atoms with Crippen LogP contribution in [0.1, 0.15) is 6.42 Å². The van der Waals surface area contributed by atoms with E-state index in [0.717, 1.165) is 0 Å². The number of fused-ring (bicyclic) bond motifs is 1. The first-order chi connectivity index (χ1) is 14.3. The minimum atomic E-state index is -4.10. The molecule has 1 unspecified atom stereocenters. The van der Waals surface area contributed by atoms with Gasteiger partial charge in [-0.25, -0.2) is 8.42 Å². The molecule has 3 rings (SSSR count). The third-order valence-corrected chi connectivity index (χ3v) is 6.82. The lowest BCUT2D eigenvalue weighted by atomic mass is 10.0. The topological polar surface area (TPSA) is 131 Å². The maximum Gasteiger partial charge on any atom is 0.243 e.